The van der Waals surface area contributed by atoms with Gasteiger partial charge in [-0.25, -0.2) is 0 Å². The average molecular weight is 518 g/mol. The van der Waals surface area contributed by atoms with Gasteiger partial charge in [0.1, 0.15) is 6.04 Å². The van der Waals surface area contributed by atoms with E-state index in [0.29, 0.717) is 37.2 Å². The zero-order chi connectivity index (χ0) is 27.5. The molecule has 3 N–H and O–H groups in total. The number of aryl methyl sites for hydroxylation is 1. The molecule has 1 aliphatic heterocycles. The van der Waals surface area contributed by atoms with Crippen LogP contribution in [0.4, 0.5) is 0 Å². The quantitative estimate of drug-likeness (QED) is 0.408. The van der Waals surface area contributed by atoms with Crippen LogP contribution in [0.15, 0.2) is 12.1 Å². The number of fused-ring (bicyclic) bond motifs is 1. The second-order valence-electron chi connectivity index (χ2n) is 11.5. The summed E-state index contributed by atoms with van der Waals surface area (Å²) in [6.07, 6.45) is 2.43. The lowest BCUT2D eigenvalue weighted by molar-refractivity contribution is -0.132. The molecule has 0 saturated carbocycles. The van der Waals surface area contributed by atoms with Crippen LogP contribution >= 0.6 is 0 Å². The fourth-order valence-corrected chi connectivity index (χ4v) is 4.96. The first-order valence-corrected chi connectivity index (χ1v) is 13.1. The number of methoxy groups -OCH3 is 2. The van der Waals surface area contributed by atoms with Crippen LogP contribution in [0.5, 0.6) is 11.5 Å². The van der Waals surface area contributed by atoms with Gasteiger partial charge in [0.25, 0.3) is 0 Å². The summed E-state index contributed by atoms with van der Waals surface area (Å²) >= 11 is 0. The van der Waals surface area contributed by atoms with Crippen molar-refractivity contribution in [3.05, 3.63) is 23.3 Å². The van der Waals surface area contributed by atoms with E-state index in [4.69, 9.17) is 18.8 Å². The van der Waals surface area contributed by atoms with Gasteiger partial charge in [-0.15, -0.1) is 0 Å². The summed E-state index contributed by atoms with van der Waals surface area (Å²) in [6, 6.07) is 2.79. The van der Waals surface area contributed by atoms with Crippen molar-refractivity contribution in [2.45, 2.75) is 90.4 Å². The van der Waals surface area contributed by atoms with Gasteiger partial charge in [0.15, 0.2) is 11.5 Å². The van der Waals surface area contributed by atoms with Gasteiger partial charge >= 0.3 is 7.12 Å². The molecule has 1 heterocycles. The standard InChI is InChI=1S/C27H43BN2O7/c1-16(2)13-22(28-36-26(3,4)27(5,6)37-28)30-25(33)20(15-31)29-24(32)18-10-9-17-11-12-21(34-7)23(35-8)19(17)14-18/h11-12,16,18,20,22,31H,9-10,13-15H2,1-8H3,(H,29,32)(H,30,33)/t18?,20-,22?/m0/s1. The Labute approximate surface area is 221 Å². The molecule has 10 heteroatoms. The van der Waals surface area contributed by atoms with E-state index in [2.05, 4.69) is 24.5 Å². The van der Waals surface area contributed by atoms with Gasteiger partial charge in [-0.3, -0.25) is 9.59 Å². The van der Waals surface area contributed by atoms with Crippen molar-refractivity contribution in [3.63, 3.8) is 0 Å². The molecule has 1 fully saturated rings. The monoisotopic (exact) mass is 518 g/mol. The van der Waals surface area contributed by atoms with E-state index >= 15 is 0 Å². The Hall–Kier alpha value is -2.30. The minimum Gasteiger partial charge on any atom is -0.493 e. The minimum absolute atomic E-state index is 0.265. The molecule has 0 bridgehead atoms. The van der Waals surface area contributed by atoms with Gasteiger partial charge in [0.2, 0.25) is 11.8 Å². The van der Waals surface area contributed by atoms with Gasteiger partial charge < -0.3 is 34.5 Å². The summed E-state index contributed by atoms with van der Waals surface area (Å²) in [7, 11) is 2.53. The summed E-state index contributed by atoms with van der Waals surface area (Å²) in [4.78, 5) is 26.4. The molecule has 0 radical (unpaired) electrons. The van der Waals surface area contributed by atoms with Gasteiger partial charge in [-0.1, -0.05) is 19.9 Å². The molecule has 0 spiro atoms. The lowest BCUT2D eigenvalue weighted by Gasteiger charge is -2.32. The fraction of sp³-hybridized carbons (Fsp3) is 0.704. The number of aliphatic hydroxyl groups is 1. The predicted octanol–water partition coefficient (Wildman–Crippen LogP) is 2.45. The summed E-state index contributed by atoms with van der Waals surface area (Å²) in [5.41, 5.74) is 0.986. The molecule has 2 aliphatic rings. The minimum atomic E-state index is -1.09. The third-order valence-electron chi connectivity index (χ3n) is 7.80. The lowest BCUT2D eigenvalue weighted by atomic mass is 9.74. The summed E-state index contributed by atoms with van der Waals surface area (Å²) in [5.74, 6) is -0.0161. The molecule has 1 saturated heterocycles. The van der Waals surface area contributed by atoms with Gasteiger partial charge in [0, 0.05) is 11.5 Å². The first-order chi connectivity index (χ1) is 17.3. The van der Waals surface area contributed by atoms with Crippen LogP contribution in [-0.2, 0) is 31.7 Å². The molecular weight excluding hydrogens is 475 g/mol. The van der Waals surface area contributed by atoms with E-state index in [1.165, 1.54) is 0 Å². The van der Waals surface area contributed by atoms with Gasteiger partial charge in [0.05, 0.1) is 38.0 Å². The maximum Gasteiger partial charge on any atom is 0.481 e. The van der Waals surface area contributed by atoms with E-state index in [1.807, 2.05) is 39.8 Å². The smallest absolute Gasteiger partial charge is 0.481 e. The molecular formula is C27H43BN2O7. The zero-order valence-electron chi connectivity index (χ0n) is 23.5. The highest BCUT2D eigenvalue weighted by Gasteiger charge is 2.54. The SMILES string of the molecule is COc1ccc2c(c1OC)CC(C(=O)N[C@@H](CO)C(=O)NC(CC(C)C)B1OC(C)(C)C(C)(C)O1)CC2. The second-order valence-corrected chi connectivity index (χ2v) is 11.5. The Morgan fingerprint density at radius 3 is 2.30 bits per heavy atom. The average Bonchev–Trinajstić information content (AvgIpc) is 3.06. The maximum atomic E-state index is 13.2. The number of carbonyl (C=O) groups is 2. The van der Waals surface area contributed by atoms with E-state index < -0.39 is 42.8 Å². The van der Waals surface area contributed by atoms with Crippen molar-refractivity contribution < 1.29 is 33.5 Å². The Morgan fingerprint density at radius 2 is 1.76 bits per heavy atom. The van der Waals surface area contributed by atoms with Crippen molar-refractivity contribution >= 4 is 18.9 Å². The first-order valence-electron chi connectivity index (χ1n) is 13.1. The van der Waals surface area contributed by atoms with E-state index in [9.17, 15) is 14.7 Å². The van der Waals surface area contributed by atoms with Gasteiger partial charge in [-0.2, -0.15) is 0 Å². The molecule has 1 aromatic rings. The van der Waals surface area contributed by atoms with Crippen LogP contribution in [0, 0.1) is 11.8 Å². The Morgan fingerprint density at radius 1 is 1.11 bits per heavy atom. The zero-order valence-corrected chi connectivity index (χ0v) is 23.5. The maximum absolute atomic E-state index is 13.2. The molecule has 1 aromatic carbocycles. The van der Waals surface area contributed by atoms with E-state index in [1.54, 1.807) is 14.2 Å². The third-order valence-corrected chi connectivity index (χ3v) is 7.80. The Kier molecular flexibility index (Phi) is 9.19. The molecule has 9 nitrogen and oxygen atoms in total. The molecule has 2 unspecified atom stereocenters. The number of benzene rings is 1. The molecule has 206 valence electrons. The topological polar surface area (TPSA) is 115 Å². The second kappa shape index (κ2) is 11.6. The Bertz CT molecular complexity index is 966. The molecule has 37 heavy (non-hydrogen) atoms. The normalized spacial score (nSPS) is 21.7. The van der Waals surface area contributed by atoms with Crippen LogP contribution < -0.4 is 20.1 Å². The molecule has 3 atom stereocenters. The number of rotatable bonds is 10. The highest BCUT2D eigenvalue weighted by molar-refractivity contribution is 6.48. The fourth-order valence-electron chi connectivity index (χ4n) is 4.96. The molecule has 0 aromatic heterocycles. The predicted molar refractivity (Wildman–Crippen MR) is 142 cm³/mol. The van der Waals surface area contributed by atoms with Crippen molar-refractivity contribution in [1.82, 2.24) is 10.6 Å². The summed E-state index contributed by atoms with van der Waals surface area (Å²) in [5, 5.41) is 15.7. The van der Waals surface area contributed by atoms with Crippen LogP contribution in [0.1, 0.15) is 65.5 Å². The summed E-state index contributed by atoms with van der Waals surface area (Å²) in [6.45, 7) is 11.4. The van der Waals surface area contributed by atoms with Crippen molar-refractivity contribution in [2.24, 2.45) is 11.8 Å². The highest BCUT2D eigenvalue weighted by atomic mass is 16.7. The van der Waals surface area contributed by atoms with Crippen molar-refractivity contribution in [1.29, 1.82) is 0 Å². The number of hydrogen-bond donors (Lipinski definition) is 3. The van der Waals surface area contributed by atoms with Crippen LogP contribution in [0.2, 0.25) is 0 Å². The largest absolute Gasteiger partial charge is 0.493 e. The van der Waals surface area contributed by atoms with Crippen LogP contribution in [0.25, 0.3) is 0 Å². The van der Waals surface area contributed by atoms with Crippen LogP contribution in [-0.4, -0.2) is 68.1 Å². The highest BCUT2D eigenvalue weighted by Crippen LogP contribution is 2.39. The number of carbonyl (C=O) groups excluding carboxylic acids is 2. The van der Waals surface area contributed by atoms with Crippen LogP contribution in [0.3, 0.4) is 0 Å². The molecule has 2 amide bonds. The number of aliphatic hydroxyl groups excluding tert-OH is 1. The summed E-state index contributed by atoms with van der Waals surface area (Å²) < 4.78 is 23.3. The third kappa shape index (κ3) is 6.41. The lowest BCUT2D eigenvalue weighted by Crippen LogP contribution is -2.56. The number of ether oxygens (including phenoxy) is 2. The van der Waals surface area contributed by atoms with Crippen molar-refractivity contribution in [2.75, 3.05) is 20.8 Å². The molecule has 3 rings (SSSR count). The Balaban J connectivity index is 1.69. The number of nitrogens with one attached hydrogen (secondary N) is 2. The van der Waals surface area contributed by atoms with Crippen molar-refractivity contribution in [3.8, 4) is 11.5 Å². The van der Waals surface area contributed by atoms with Gasteiger partial charge in [-0.05, 0) is 70.9 Å². The number of amides is 2. The number of hydrogen-bond acceptors (Lipinski definition) is 7. The first kappa shape index (κ1) is 29.3. The van der Waals surface area contributed by atoms with E-state index in [0.717, 1.165) is 11.1 Å². The van der Waals surface area contributed by atoms with E-state index in [-0.39, 0.29) is 17.7 Å². The molecule has 1 aliphatic carbocycles.